The fraction of sp³-hybridized carbons (Fsp3) is 0.818. The lowest BCUT2D eigenvalue weighted by Gasteiger charge is -2.25. The molecule has 1 aliphatic rings. The van der Waals surface area contributed by atoms with Crippen LogP contribution in [0.4, 0.5) is 0 Å². The Morgan fingerprint density at radius 1 is 1.58 bits per heavy atom. The van der Waals surface area contributed by atoms with E-state index in [9.17, 15) is 0 Å². The molecule has 1 saturated heterocycles. The Labute approximate surface area is 75.8 Å². The van der Waals surface area contributed by atoms with Crippen LogP contribution in [-0.2, 0) is 4.74 Å². The van der Waals surface area contributed by atoms with Gasteiger partial charge in [-0.25, -0.2) is 0 Å². The number of rotatable bonds is 2. The lowest BCUT2D eigenvalue weighted by Crippen LogP contribution is -2.22. The molecule has 12 heavy (non-hydrogen) atoms. The van der Waals surface area contributed by atoms with Crippen LogP contribution in [0.2, 0.25) is 0 Å². The van der Waals surface area contributed by atoms with Gasteiger partial charge in [0, 0.05) is 6.61 Å². The van der Waals surface area contributed by atoms with Gasteiger partial charge in [0.15, 0.2) is 0 Å². The average Bonchev–Trinajstić information content (AvgIpc) is 2.04. The van der Waals surface area contributed by atoms with Crippen molar-refractivity contribution in [2.24, 2.45) is 5.92 Å². The SMILES string of the molecule is CCC(C)=CC1C[C@H](C)CCO1. The molecule has 0 saturated carbocycles. The van der Waals surface area contributed by atoms with Gasteiger partial charge in [0.05, 0.1) is 6.10 Å². The van der Waals surface area contributed by atoms with Crippen molar-refractivity contribution in [3.8, 4) is 0 Å². The van der Waals surface area contributed by atoms with Crippen LogP contribution >= 0.6 is 0 Å². The third kappa shape index (κ3) is 2.98. The molecular weight excluding hydrogens is 148 g/mol. The molecule has 0 radical (unpaired) electrons. The lowest BCUT2D eigenvalue weighted by atomic mass is 9.96. The van der Waals surface area contributed by atoms with Crippen molar-refractivity contribution in [3.63, 3.8) is 0 Å². The summed E-state index contributed by atoms with van der Waals surface area (Å²) in [6.45, 7) is 7.63. The van der Waals surface area contributed by atoms with E-state index < -0.39 is 0 Å². The Morgan fingerprint density at radius 2 is 2.33 bits per heavy atom. The number of allylic oxidation sites excluding steroid dienone is 1. The van der Waals surface area contributed by atoms with E-state index in [0.29, 0.717) is 6.10 Å². The molecule has 1 unspecified atom stereocenters. The Kier molecular flexibility index (Phi) is 3.80. The summed E-state index contributed by atoms with van der Waals surface area (Å²) in [5.74, 6) is 0.838. The Bertz CT molecular complexity index is 160. The van der Waals surface area contributed by atoms with Crippen LogP contribution in [0, 0.1) is 5.92 Å². The largest absolute Gasteiger partial charge is 0.374 e. The predicted molar refractivity (Wildman–Crippen MR) is 52.2 cm³/mol. The molecule has 0 spiro atoms. The van der Waals surface area contributed by atoms with Crippen LogP contribution in [0.1, 0.15) is 40.0 Å². The summed E-state index contributed by atoms with van der Waals surface area (Å²) < 4.78 is 5.64. The minimum absolute atomic E-state index is 0.397. The van der Waals surface area contributed by atoms with Crippen molar-refractivity contribution in [2.75, 3.05) is 6.61 Å². The first kappa shape index (κ1) is 9.79. The van der Waals surface area contributed by atoms with E-state index in [-0.39, 0.29) is 0 Å². The highest BCUT2D eigenvalue weighted by Crippen LogP contribution is 2.21. The van der Waals surface area contributed by atoms with Crippen molar-refractivity contribution in [3.05, 3.63) is 11.6 Å². The van der Waals surface area contributed by atoms with E-state index in [2.05, 4.69) is 26.8 Å². The molecule has 0 aliphatic carbocycles. The molecule has 0 aromatic heterocycles. The topological polar surface area (TPSA) is 9.23 Å². The summed E-state index contributed by atoms with van der Waals surface area (Å²) in [6.07, 6.45) is 6.27. The minimum Gasteiger partial charge on any atom is -0.374 e. The zero-order chi connectivity index (χ0) is 8.97. The van der Waals surface area contributed by atoms with E-state index >= 15 is 0 Å². The molecule has 1 fully saturated rings. The minimum atomic E-state index is 0.397. The van der Waals surface area contributed by atoms with Crippen molar-refractivity contribution in [1.82, 2.24) is 0 Å². The van der Waals surface area contributed by atoms with E-state index in [0.717, 1.165) is 18.9 Å². The highest BCUT2D eigenvalue weighted by atomic mass is 16.5. The molecule has 1 aliphatic heterocycles. The molecular formula is C11H20O. The fourth-order valence-electron chi connectivity index (χ4n) is 1.55. The van der Waals surface area contributed by atoms with Crippen LogP contribution in [-0.4, -0.2) is 12.7 Å². The van der Waals surface area contributed by atoms with Gasteiger partial charge in [-0.05, 0) is 32.1 Å². The van der Waals surface area contributed by atoms with Crippen molar-refractivity contribution >= 4 is 0 Å². The molecule has 0 amide bonds. The molecule has 70 valence electrons. The summed E-state index contributed by atoms with van der Waals surface area (Å²) in [7, 11) is 0. The molecule has 2 atom stereocenters. The standard InChI is InChI=1S/C11H20O/c1-4-9(2)7-11-8-10(3)5-6-12-11/h7,10-11H,4-6,8H2,1-3H3/t10-,11?/m1/s1. The summed E-state index contributed by atoms with van der Waals surface area (Å²) >= 11 is 0. The van der Waals surface area contributed by atoms with Crippen LogP contribution in [0.5, 0.6) is 0 Å². The zero-order valence-electron chi connectivity index (χ0n) is 8.47. The van der Waals surface area contributed by atoms with Gasteiger partial charge in [-0.3, -0.25) is 0 Å². The van der Waals surface area contributed by atoms with Crippen LogP contribution < -0.4 is 0 Å². The maximum absolute atomic E-state index is 5.64. The van der Waals surface area contributed by atoms with Gasteiger partial charge in [-0.2, -0.15) is 0 Å². The Hall–Kier alpha value is -0.300. The average molecular weight is 168 g/mol. The van der Waals surface area contributed by atoms with Crippen molar-refractivity contribution in [1.29, 1.82) is 0 Å². The molecule has 0 N–H and O–H groups in total. The number of hydrogen-bond acceptors (Lipinski definition) is 1. The first-order valence-corrected chi connectivity index (χ1v) is 5.01. The van der Waals surface area contributed by atoms with Gasteiger partial charge in [0.25, 0.3) is 0 Å². The van der Waals surface area contributed by atoms with Gasteiger partial charge in [0.2, 0.25) is 0 Å². The Morgan fingerprint density at radius 3 is 2.92 bits per heavy atom. The second-order valence-corrected chi connectivity index (χ2v) is 3.91. The first-order valence-electron chi connectivity index (χ1n) is 5.01. The third-order valence-corrected chi connectivity index (χ3v) is 2.61. The Balaban J connectivity index is 2.41. The summed E-state index contributed by atoms with van der Waals surface area (Å²) in [6, 6.07) is 0. The summed E-state index contributed by atoms with van der Waals surface area (Å²) in [5, 5.41) is 0. The summed E-state index contributed by atoms with van der Waals surface area (Å²) in [4.78, 5) is 0. The van der Waals surface area contributed by atoms with E-state index in [1.54, 1.807) is 0 Å². The second kappa shape index (κ2) is 4.66. The molecule has 0 bridgehead atoms. The quantitative estimate of drug-likeness (QED) is 0.575. The second-order valence-electron chi connectivity index (χ2n) is 3.91. The lowest BCUT2D eigenvalue weighted by molar-refractivity contribution is 0.0234. The number of ether oxygens (including phenoxy) is 1. The van der Waals surface area contributed by atoms with Gasteiger partial charge in [0.1, 0.15) is 0 Å². The maximum Gasteiger partial charge on any atom is 0.0760 e. The molecule has 1 rings (SSSR count). The van der Waals surface area contributed by atoms with Gasteiger partial charge in [-0.1, -0.05) is 25.5 Å². The van der Waals surface area contributed by atoms with Gasteiger partial charge >= 0.3 is 0 Å². The van der Waals surface area contributed by atoms with Gasteiger partial charge in [-0.15, -0.1) is 0 Å². The van der Waals surface area contributed by atoms with Crippen molar-refractivity contribution in [2.45, 2.75) is 46.1 Å². The van der Waals surface area contributed by atoms with E-state index in [1.165, 1.54) is 18.4 Å². The van der Waals surface area contributed by atoms with Crippen molar-refractivity contribution < 1.29 is 4.74 Å². The van der Waals surface area contributed by atoms with E-state index in [4.69, 9.17) is 4.74 Å². The molecule has 0 aromatic carbocycles. The maximum atomic E-state index is 5.64. The molecule has 0 aromatic rings. The van der Waals surface area contributed by atoms with Gasteiger partial charge < -0.3 is 4.74 Å². The molecule has 1 heteroatoms. The zero-order valence-corrected chi connectivity index (χ0v) is 8.47. The predicted octanol–water partition coefficient (Wildman–Crippen LogP) is 3.16. The van der Waals surface area contributed by atoms with Crippen LogP contribution in [0.25, 0.3) is 0 Å². The highest BCUT2D eigenvalue weighted by molar-refractivity contribution is 5.02. The van der Waals surface area contributed by atoms with Crippen LogP contribution in [0.15, 0.2) is 11.6 Å². The normalized spacial score (nSPS) is 32.1. The monoisotopic (exact) mass is 168 g/mol. The third-order valence-electron chi connectivity index (χ3n) is 2.61. The summed E-state index contributed by atoms with van der Waals surface area (Å²) in [5.41, 5.74) is 1.45. The highest BCUT2D eigenvalue weighted by Gasteiger charge is 2.16. The number of hydrogen-bond donors (Lipinski definition) is 0. The molecule has 1 nitrogen and oxygen atoms in total. The fourth-order valence-corrected chi connectivity index (χ4v) is 1.55. The molecule has 1 heterocycles. The smallest absolute Gasteiger partial charge is 0.0760 e. The van der Waals surface area contributed by atoms with E-state index in [1.807, 2.05) is 0 Å². The first-order chi connectivity index (χ1) is 5.72. The van der Waals surface area contributed by atoms with Crippen LogP contribution in [0.3, 0.4) is 0 Å².